The van der Waals surface area contributed by atoms with Gasteiger partial charge in [-0.2, -0.15) is 23.4 Å². The SMILES string of the molecule is COC(=O)NS(=O)(=O)Oc1ccc(N=Nc2ccccc2)cc1. The number of rotatable bonds is 5. The van der Waals surface area contributed by atoms with Crippen LogP contribution in [-0.2, 0) is 15.0 Å². The van der Waals surface area contributed by atoms with Crippen LogP contribution in [0.5, 0.6) is 5.75 Å². The Balaban J connectivity index is 2.02. The van der Waals surface area contributed by atoms with Crippen LogP contribution in [0.4, 0.5) is 16.2 Å². The Kier molecular flexibility index (Phi) is 5.26. The highest BCUT2D eigenvalue weighted by Crippen LogP contribution is 2.21. The van der Waals surface area contributed by atoms with E-state index in [2.05, 4.69) is 19.1 Å². The molecule has 0 atom stereocenters. The quantitative estimate of drug-likeness (QED) is 0.845. The molecular weight excluding hydrogens is 322 g/mol. The standard InChI is InChI=1S/C14H13N3O5S/c1-21-14(18)17-23(19,20)22-13-9-7-12(8-10-13)16-15-11-5-3-2-4-6-11/h2-10H,1H3,(H,17,18). The number of nitrogens with one attached hydrogen (secondary N) is 1. The van der Waals surface area contributed by atoms with Crippen molar-refractivity contribution in [1.29, 1.82) is 0 Å². The highest BCUT2D eigenvalue weighted by atomic mass is 32.2. The van der Waals surface area contributed by atoms with Crippen LogP contribution < -0.4 is 8.91 Å². The molecule has 23 heavy (non-hydrogen) atoms. The molecule has 0 saturated heterocycles. The first-order chi connectivity index (χ1) is 11.0. The molecule has 0 aromatic heterocycles. The maximum atomic E-state index is 11.5. The molecule has 0 bridgehead atoms. The summed E-state index contributed by atoms with van der Waals surface area (Å²) < 4.78 is 33.4. The van der Waals surface area contributed by atoms with Crippen molar-refractivity contribution >= 4 is 27.8 Å². The molecule has 0 fully saturated rings. The van der Waals surface area contributed by atoms with Gasteiger partial charge < -0.3 is 8.92 Å². The number of carbonyl (C=O) groups excluding carboxylic acids is 1. The molecule has 120 valence electrons. The minimum atomic E-state index is -4.29. The molecule has 8 nitrogen and oxygen atoms in total. The molecule has 2 rings (SSSR count). The number of nitrogens with zero attached hydrogens (tertiary/aromatic N) is 2. The van der Waals surface area contributed by atoms with Gasteiger partial charge in [-0.3, -0.25) is 0 Å². The molecule has 0 spiro atoms. The van der Waals surface area contributed by atoms with E-state index < -0.39 is 16.4 Å². The van der Waals surface area contributed by atoms with Crippen molar-refractivity contribution in [2.24, 2.45) is 10.2 Å². The Hall–Kier alpha value is -2.94. The average molecular weight is 335 g/mol. The molecule has 0 aliphatic rings. The minimum Gasteiger partial charge on any atom is -0.452 e. The lowest BCUT2D eigenvalue weighted by molar-refractivity contribution is 0.177. The van der Waals surface area contributed by atoms with Gasteiger partial charge in [0.2, 0.25) is 0 Å². The van der Waals surface area contributed by atoms with E-state index in [1.54, 1.807) is 16.9 Å². The van der Waals surface area contributed by atoms with Crippen LogP contribution >= 0.6 is 0 Å². The first-order valence-electron chi connectivity index (χ1n) is 6.35. The van der Waals surface area contributed by atoms with E-state index in [0.717, 1.165) is 7.11 Å². The van der Waals surface area contributed by atoms with Crippen molar-refractivity contribution in [2.45, 2.75) is 0 Å². The van der Waals surface area contributed by atoms with Gasteiger partial charge in [0.1, 0.15) is 5.75 Å². The van der Waals surface area contributed by atoms with E-state index in [4.69, 9.17) is 0 Å². The monoisotopic (exact) mass is 335 g/mol. The number of azo groups is 1. The van der Waals surface area contributed by atoms with Crippen molar-refractivity contribution in [3.05, 3.63) is 54.6 Å². The second kappa shape index (κ2) is 7.36. The van der Waals surface area contributed by atoms with Crippen molar-refractivity contribution in [3.8, 4) is 5.75 Å². The predicted molar refractivity (Wildman–Crippen MR) is 82.1 cm³/mol. The molecule has 2 aromatic rings. The molecule has 2 aromatic carbocycles. The molecule has 1 amide bonds. The van der Waals surface area contributed by atoms with Crippen LogP contribution in [0, 0.1) is 0 Å². The van der Waals surface area contributed by atoms with Crippen LogP contribution in [-0.4, -0.2) is 21.6 Å². The summed E-state index contributed by atoms with van der Waals surface area (Å²) in [6.07, 6.45) is -1.14. The Bertz CT molecular complexity index is 789. The molecular formula is C14H13N3O5S. The first-order valence-corrected chi connectivity index (χ1v) is 7.76. The van der Waals surface area contributed by atoms with Crippen molar-refractivity contribution in [1.82, 2.24) is 4.72 Å². The molecule has 0 aliphatic carbocycles. The molecule has 9 heteroatoms. The second-order valence-corrected chi connectivity index (χ2v) is 5.44. The summed E-state index contributed by atoms with van der Waals surface area (Å²) in [6, 6.07) is 15.0. The zero-order chi connectivity index (χ0) is 16.7. The van der Waals surface area contributed by atoms with Gasteiger partial charge in [0.05, 0.1) is 18.5 Å². The highest BCUT2D eigenvalue weighted by molar-refractivity contribution is 7.85. The maximum Gasteiger partial charge on any atom is 0.423 e. The highest BCUT2D eigenvalue weighted by Gasteiger charge is 2.16. The fourth-order valence-corrected chi connectivity index (χ4v) is 2.16. The van der Waals surface area contributed by atoms with E-state index >= 15 is 0 Å². The summed E-state index contributed by atoms with van der Waals surface area (Å²) in [5.41, 5.74) is 1.21. The van der Waals surface area contributed by atoms with Crippen LogP contribution in [0.1, 0.15) is 0 Å². The second-order valence-electron chi connectivity index (χ2n) is 4.16. The van der Waals surface area contributed by atoms with Gasteiger partial charge in [0.15, 0.2) is 0 Å². The van der Waals surface area contributed by atoms with E-state index in [0.29, 0.717) is 11.4 Å². The normalized spacial score (nSPS) is 11.2. The fourth-order valence-electron chi connectivity index (χ4n) is 1.47. The Morgan fingerprint density at radius 1 is 0.957 bits per heavy atom. The van der Waals surface area contributed by atoms with E-state index in [1.165, 1.54) is 24.3 Å². The zero-order valence-corrected chi connectivity index (χ0v) is 12.9. The molecule has 1 N–H and O–H groups in total. The average Bonchev–Trinajstić information content (AvgIpc) is 2.54. The van der Waals surface area contributed by atoms with Crippen LogP contribution in [0.3, 0.4) is 0 Å². The van der Waals surface area contributed by atoms with Gasteiger partial charge in [0.25, 0.3) is 0 Å². The van der Waals surface area contributed by atoms with Gasteiger partial charge in [-0.05, 0) is 36.4 Å². The summed E-state index contributed by atoms with van der Waals surface area (Å²) in [5, 5.41) is 8.03. The molecule has 0 heterocycles. The van der Waals surface area contributed by atoms with Crippen LogP contribution in [0.25, 0.3) is 0 Å². The third-order valence-corrected chi connectivity index (χ3v) is 3.30. The predicted octanol–water partition coefficient (Wildman–Crippen LogP) is 3.08. The number of carbonyl (C=O) groups is 1. The number of hydrogen-bond donors (Lipinski definition) is 1. The molecule has 0 unspecified atom stereocenters. The van der Waals surface area contributed by atoms with Crippen molar-refractivity contribution < 1.29 is 22.1 Å². The number of hydrogen-bond acceptors (Lipinski definition) is 7. The van der Waals surface area contributed by atoms with Gasteiger partial charge in [-0.15, -0.1) is 0 Å². The van der Waals surface area contributed by atoms with Gasteiger partial charge in [-0.25, -0.2) is 4.79 Å². The number of ether oxygens (including phenoxy) is 1. The Morgan fingerprint density at radius 2 is 1.52 bits per heavy atom. The molecule has 0 saturated carbocycles. The largest absolute Gasteiger partial charge is 0.452 e. The van der Waals surface area contributed by atoms with Crippen molar-refractivity contribution in [3.63, 3.8) is 0 Å². The van der Waals surface area contributed by atoms with E-state index in [1.807, 2.05) is 18.2 Å². The summed E-state index contributed by atoms with van der Waals surface area (Å²) in [6.45, 7) is 0. The zero-order valence-electron chi connectivity index (χ0n) is 12.0. The van der Waals surface area contributed by atoms with Crippen molar-refractivity contribution in [2.75, 3.05) is 7.11 Å². The third-order valence-electron chi connectivity index (χ3n) is 2.47. The van der Waals surface area contributed by atoms with Crippen LogP contribution in [0.2, 0.25) is 0 Å². The van der Waals surface area contributed by atoms with Gasteiger partial charge >= 0.3 is 16.4 Å². The lowest BCUT2D eigenvalue weighted by Crippen LogP contribution is -2.33. The smallest absolute Gasteiger partial charge is 0.423 e. The van der Waals surface area contributed by atoms with Gasteiger partial charge in [-0.1, -0.05) is 18.2 Å². The van der Waals surface area contributed by atoms with E-state index in [-0.39, 0.29) is 5.75 Å². The fraction of sp³-hybridized carbons (Fsp3) is 0.0714. The number of amides is 1. The topological polar surface area (TPSA) is 106 Å². The minimum absolute atomic E-state index is 0.0139. The summed E-state index contributed by atoms with van der Waals surface area (Å²) in [5.74, 6) is 0.0139. The molecule has 0 aliphatic heterocycles. The Morgan fingerprint density at radius 3 is 2.09 bits per heavy atom. The third kappa shape index (κ3) is 5.40. The number of methoxy groups -OCH3 is 1. The summed E-state index contributed by atoms with van der Waals surface area (Å²) in [4.78, 5) is 10.9. The van der Waals surface area contributed by atoms with Crippen LogP contribution in [0.15, 0.2) is 64.8 Å². The first kappa shape index (κ1) is 16.4. The summed E-state index contributed by atoms with van der Waals surface area (Å²) in [7, 11) is -3.25. The summed E-state index contributed by atoms with van der Waals surface area (Å²) >= 11 is 0. The lowest BCUT2D eigenvalue weighted by Gasteiger charge is -2.07. The van der Waals surface area contributed by atoms with E-state index in [9.17, 15) is 13.2 Å². The number of benzene rings is 2. The molecule has 0 radical (unpaired) electrons. The van der Waals surface area contributed by atoms with Gasteiger partial charge in [0, 0.05) is 0 Å². The lowest BCUT2D eigenvalue weighted by atomic mass is 10.3. The maximum absolute atomic E-state index is 11.5. The Labute approximate surface area is 133 Å².